The molecule has 0 N–H and O–H groups in total. The molecule has 0 spiro atoms. The Labute approximate surface area is 153 Å². The molecule has 0 saturated heterocycles. The Morgan fingerprint density at radius 3 is 2.42 bits per heavy atom. The summed E-state index contributed by atoms with van der Waals surface area (Å²) in [5.74, 6) is 7.15. The normalized spacial score (nSPS) is 43.0. The number of hydrogen-bond acceptors (Lipinski definition) is 2. The monoisotopic (exact) mass is 378 g/mol. The second-order valence-electron chi connectivity index (χ2n) is 9.86. The molecular weight excluding hydrogens is 344 g/mol. The molecule has 2 radical (unpaired) electrons. The highest BCUT2D eigenvalue weighted by atomic mass is 28.5. The van der Waals surface area contributed by atoms with Crippen LogP contribution >= 0.6 is 0 Å². The molecule has 3 fully saturated rings. The van der Waals surface area contributed by atoms with Crippen molar-refractivity contribution in [2.45, 2.75) is 64.5 Å². The van der Waals surface area contributed by atoms with Crippen LogP contribution in [-0.2, 0) is 8.23 Å². The molecule has 4 aliphatic rings. The first kappa shape index (κ1) is 17.7. The van der Waals surface area contributed by atoms with Gasteiger partial charge in [0.15, 0.2) is 8.32 Å². The lowest BCUT2D eigenvalue weighted by Gasteiger charge is -2.38. The fourth-order valence-corrected chi connectivity index (χ4v) is 16.3. The molecule has 0 amide bonds. The van der Waals surface area contributed by atoms with E-state index in [9.17, 15) is 0 Å². The first-order valence-corrected chi connectivity index (χ1v) is 17.4. The number of hydrogen-bond donors (Lipinski definition) is 0. The molecule has 3 saturated carbocycles. The van der Waals surface area contributed by atoms with E-state index in [2.05, 4.69) is 44.9 Å². The Morgan fingerprint density at radius 2 is 1.71 bits per heavy atom. The summed E-state index contributed by atoms with van der Waals surface area (Å²) in [7, 11) is -2.93. The zero-order chi connectivity index (χ0) is 17.1. The van der Waals surface area contributed by atoms with Crippen molar-refractivity contribution in [1.29, 1.82) is 0 Å². The SMILES string of the molecule is C[Si]O[Si](C)(C)O[Si](C)(C)CCC1CC2CC1C1C3C=CC(C3)C21. The molecule has 2 nitrogen and oxygen atoms in total. The molecule has 7 atom stereocenters. The van der Waals surface area contributed by atoms with Gasteiger partial charge in [0.25, 0.3) is 0 Å². The minimum Gasteiger partial charge on any atom is -0.437 e. The van der Waals surface area contributed by atoms with Crippen LogP contribution in [0.15, 0.2) is 12.2 Å². The maximum absolute atomic E-state index is 6.59. The first-order valence-electron chi connectivity index (χ1n) is 10.0. The van der Waals surface area contributed by atoms with Gasteiger partial charge in [0.05, 0.1) is 0 Å². The molecule has 0 aliphatic heterocycles. The summed E-state index contributed by atoms with van der Waals surface area (Å²) in [6.45, 7) is 11.4. The number of allylic oxidation sites excluding steroid dienone is 2. The minimum absolute atomic E-state index is 0.558. The lowest BCUT2D eigenvalue weighted by molar-refractivity contribution is 0.146. The van der Waals surface area contributed by atoms with Crippen LogP contribution in [0.3, 0.4) is 0 Å². The standard InChI is InChI=1S/C19H34O2Si3/c1-22-20-24(4,5)21-23(2,3)9-8-13-10-16-12-17(13)19-15-7-6-14(11-15)18(16)19/h6-7,13-19H,8-12H2,1-5H3. The Kier molecular flexibility index (Phi) is 4.56. The third-order valence-corrected chi connectivity index (χ3v) is 15.8. The molecule has 5 heteroatoms. The summed E-state index contributed by atoms with van der Waals surface area (Å²) in [4.78, 5) is 0. The minimum atomic E-state index is -1.90. The molecular formula is C19H34O2Si3. The van der Waals surface area contributed by atoms with Gasteiger partial charge < -0.3 is 8.23 Å². The summed E-state index contributed by atoms with van der Waals surface area (Å²) in [6.07, 6.45) is 11.1. The molecule has 4 rings (SSSR count). The van der Waals surface area contributed by atoms with Gasteiger partial charge >= 0.3 is 8.56 Å². The third-order valence-electron chi connectivity index (χ3n) is 7.39. The quantitative estimate of drug-likeness (QED) is 0.349. The lowest BCUT2D eigenvalue weighted by atomic mass is 9.69. The van der Waals surface area contributed by atoms with Gasteiger partial charge in [0.2, 0.25) is 9.76 Å². The van der Waals surface area contributed by atoms with E-state index in [0.29, 0.717) is 9.76 Å². The van der Waals surface area contributed by atoms with Gasteiger partial charge in [0.1, 0.15) is 0 Å². The lowest BCUT2D eigenvalue weighted by Crippen LogP contribution is -2.47. The van der Waals surface area contributed by atoms with Crippen LogP contribution in [0, 0.1) is 41.4 Å². The van der Waals surface area contributed by atoms with Crippen molar-refractivity contribution in [2.24, 2.45) is 41.4 Å². The zero-order valence-corrected chi connectivity index (χ0v) is 19.0. The van der Waals surface area contributed by atoms with Crippen LogP contribution in [0.4, 0.5) is 0 Å². The Morgan fingerprint density at radius 1 is 1.00 bits per heavy atom. The van der Waals surface area contributed by atoms with Crippen molar-refractivity contribution >= 4 is 26.6 Å². The predicted molar refractivity (Wildman–Crippen MR) is 106 cm³/mol. The van der Waals surface area contributed by atoms with E-state index in [0.717, 1.165) is 41.4 Å². The third kappa shape index (κ3) is 3.08. The summed E-state index contributed by atoms with van der Waals surface area (Å²) in [6, 6.07) is 1.33. The van der Waals surface area contributed by atoms with Gasteiger partial charge in [-0.25, -0.2) is 0 Å². The molecule has 134 valence electrons. The Balaban J connectivity index is 1.34. The van der Waals surface area contributed by atoms with Crippen molar-refractivity contribution in [1.82, 2.24) is 0 Å². The van der Waals surface area contributed by atoms with Crippen LogP contribution in [0.1, 0.15) is 25.7 Å². The van der Waals surface area contributed by atoms with Crippen molar-refractivity contribution in [3.05, 3.63) is 12.2 Å². The largest absolute Gasteiger partial charge is 0.437 e. The number of rotatable bonds is 7. The van der Waals surface area contributed by atoms with E-state index in [1.54, 1.807) is 6.42 Å². The van der Waals surface area contributed by atoms with E-state index in [4.69, 9.17) is 8.23 Å². The molecule has 4 bridgehead atoms. The van der Waals surface area contributed by atoms with Crippen LogP contribution in [0.25, 0.3) is 0 Å². The molecule has 7 unspecified atom stereocenters. The highest BCUT2D eigenvalue weighted by Gasteiger charge is 2.60. The van der Waals surface area contributed by atoms with E-state index >= 15 is 0 Å². The Hall–Kier alpha value is 0.311. The van der Waals surface area contributed by atoms with E-state index in [1.165, 1.54) is 25.3 Å². The smallest absolute Gasteiger partial charge is 0.310 e. The maximum atomic E-state index is 6.59. The fraction of sp³-hybridized carbons (Fsp3) is 0.895. The van der Waals surface area contributed by atoms with Gasteiger partial charge in [-0.15, -0.1) is 0 Å². The molecule has 4 aliphatic carbocycles. The average molecular weight is 379 g/mol. The average Bonchev–Trinajstić information content (AvgIpc) is 3.22. The van der Waals surface area contributed by atoms with Crippen molar-refractivity contribution in [3.63, 3.8) is 0 Å². The molecule has 0 heterocycles. The highest BCUT2D eigenvalue weighted by Crippen LogP contribution is 2.67. The van der Waals surface area contributed by atoms with Gasteiger partial charge in [-0.1, -0.05) is 18.6 Å². The zero-order valence-electron chi connectivity index (χ0n) is 16.0. The Bertz CT molecular complexity index is 519. The highest BCUT2D eigenvalue weighted by molar-refractivity contribution is 6.83. The van der Waals surface area contributed by atoms with Gasteiger partial charge in [-0.3, -0.25) is 0 Å². The molecule has 24 heavy (non-hydrogen) atoms. The van der Waals surface area contributed by atoms with Crippen molar-refractivity contribution in [3.8, 4) is 0 Å². The molecule has 0 aromatic carbocycles. The predicted octanol–water partition coefficient (Wildman–Crippen LogP) is 5.08. The summed E-state index contributed by atoms with van der Waals surface area (Å²) < 4.78 is 12.5. The second-order valence-corrected chi connectivity index (χ2v) is 18.7. The summed E-state index contributed by atoms with van der Waals surface area (Å²) in [5.41, 5.74) is 0. The van der Waals surface area contributed by atoms with Crippen LogP contribution in [-0.4, -0.2) is 26.6 Å². The maximum Gasteiger partial charge on any atom is 0.310 e. The fourth-order valence-electron chi connectivity index (χ4n) is 7.00. The molecule has 0 aromatic heterocycles. The van der Waals surface area contributed by atoms with E-state index < -0.39 is 16.9 Å². The second kappa shape index (κ2) is 6.19. The van der Waals surface area contributed by atoms with Gasteiger partial charge in [0, 0.05) is 0 Å². The topological polar surface area (TPSA) is 18.5 Å². The van der Waals surface area contributed by atoms with E-state index in [1.807, 2.05) is 0 Å². The summed E-state index contributed by atoms with van der Waals surface area (Å²) >= 11 is 0. The number of fused-ring (bicyclic) bond motifs is 9. The van der Waals surface area contributed by atoms with Crippen LogP contribution in [0.5, 0.6) is 0 Å². The van der Waals surface area contributed by atoms with Gasteiger partial charge in [-0.2, -0.15) is 0 Å². The van der Waals surface area contributed by atoms with Crippen molar-refractivity contribution < 1.29 is 8.23 Å². The first-order chi connectivity index (χ1) is 11.3. The molecule has 0 aromatic rings. The van der Waals surface area contributed by atoms with E-state index in [-0.39, 0.29) is 0 Å². The van der Waals surface area contributed by atoms with Crippen LogP contribution < -0.4 is 0 Å². The summed E-state index contributed by atoms with van der Waals surface area (Å²) in [5, 5.41) is 0. The van der Waals surface area contributed by atoms with Gasteiger partial charge in [-0.05, 0) is 99.5 Å². The van der Waals surface area contributed by atoms with Crippen LogP contribution in [0.2, 0.25) is 38.8 Å². The van der Waals surface area contributed by atoms with Crippen molar-refractivity contribution in [2.75, 3.05) is 0 Å².